The van der Waals surface area contributed by atoms with Gasteiger partial charge in [0.1, 0.15) is 11.4 Å². The lowest BCUT2D eigenvalue weighted by Crippen LogP contribution is -2.15. The van der Waals surface area contributed by atoms with E-state index in [1.54, 1.807) is 23.1 Å². The first kappa shape index (κ1) is 12.9. The van der Waals surface area contributed by atoms with Gasteiger partial charge in [0.05, 0.1) is 17.9 Å². The number of nitrogen functional groups attached to an aromatic ring is 1. The zero-order valence-electron chi connectivity index (χ0n) is 10.0. The topological polar surface area (TPSA) is 93.2 Å². The van der Waals surface area contributed by atoms with Crippen molar-refractivity contribution in [1.82, 2.24) is 9.78 Å². The number of carboxylic acid groups (broad SMARTS) is 1. The van der Waals surface area contributed by atoms with E-state index in [9.17, 15) is 9.18 Å². The summed E-state index contributed by atoms with van der Waals surface area (Å²) in [5.74, 6) is -2.01. The normalized spacial score (nSPS) is 10.4. The highest BCUT2D eigenvalue weighted by Gasteiger charge is 2.17. The van der Waals surface area contributed by atoms with Gasteiger partial charge >= 0.3 is 5.97 Å². The van der Waals surface area contributed by atoms with Crippen molar-refractivity contribution in [1.29, 1.82) is 0 Å². The Labute approximate surface area is 108 Å². The van der Waals surface area contributed by atoms with Crippen LogP contribution < -0.4 is 11.1 Å². The van der Waals surface area contributed by atoms with Gasteiger partial charge in [0.25, 0.3) is 0 Å². The van der Waals surface area contributed by atoms with Crippen molar-refractivity contribution in [3.8, 4) is 0 Å². The van der Waals surface area contributed by atoms with Crippen LogP contribution in [0.4, 0.5) is 15.8 Å². The number of aromatic nitrogens is 2. The SMILES string of the molecule is Nc1c(F)ccc(NCCn2cccn2)c1C(=O)O. The number of carbonyl (C=O) groups is 1. The first-order valence-electron chi connectivity index (χ1n) is 5.62. The fourth-order valence-electron chi connectivity index (χ4n) is 1.71. The fourth-order valence-corrected chi connectivity index (χ4v) is 1.71. The smallest absolute Gasteiger partial charge is 0.340 e. The third kappa shape index (κ3) is 2.82. The molecule has 4 N–H and O–H groups in total. The first-order valence-corrected chi connectivity index (χ1v) is 5.62. The molecule has 0 amide bonds. The van der Waals surface area contributed by atoms with Crippen molar-refractivity contribution in [3.63, 3.8) is 0 Å². The molecule has 1 aromatic carbocycles. The van der Waals surface area contributed by atoms with Crippen LogP contribution in [0.15, 0.2) is 30.6 Å². The Kier molecular flexibility index (Phi) is 3.65. The Morgan fingerprint density at radius 2 is 2.32 bits per heavy atom. The Morgan fingerprint density at radius 3 is 2.95 bits per heavy atom. The summed E-state index contributed by atoms with van der Waals surface area (Å²) >= 11 is 0. The third-order valence-corrected chi connectivity index (χ3v) is 2.62. The molecule has 2 rings (SSSR count). The summed E-state index contributed by atoms with van der Waals surface area (Å²) < 4.78 is 14.9. The van der Waals surface area contributed by atoms with E-state index in [2.05, 4.69) is 10.4 Å². The van der Waals surface area contributed by atoms with Crippen molar-refractivity contribution < 1.29 is 14.3 Å². The molecular weight excluding hydrogens is 251 g/mol. The minimum Gasteiger partial charge on any atom is -0.478 e. The van der Waals surface area contributed by atoms with E-state index in [-0.39, 0.29) is 11.3 Å². The van der Waals surface area contributed by atoms with Crippen LogP contribution in [0.1, 0.15) is 10.4 Å². The lowest BCUT2D eigenvalue weighted by atomic mass is 10.1. The van der Waals surface area contributed by atoms with Gasteiger partial charge in [-0.15, -0.1) is 0 Å². The molecule has 7 heteroatoms. The van der Waals surface area contributed by atoms with Gasteiger partial charge < -0.3 is 16.2 Å². The van der Waals surface area contributed by atoms with Crippen LogP contribution in [0, 0.1) is 5.82 Å². The lowest BCUT2D eigenvalue weighted by Gasteiger charge is -2.12. The van der Waals surface area contributed by atoms with Gasteiger partial charge in [0.15, 0.2) is 0 Å². The summed E-state index contributed by atoms with van der Waals surface area (Å²) in [4.78, 5) is 11.1. The second kappa shape index (κ2) is 5.38. The van der Waals surface area contributed by atoms with E-state index >= 15 is 0 Å². The standard InChI is InChI=1S/C12H13FN4O2/c13-8-2-3-9(10(11(8)14)12(18)19)15-5-7-17-6-1-4-16-17/h1-4,6,15H,5,7,14H2,(H,18,19). The average molecular weight is 264 g/mol. The largest absolute Gasteiger partial charge is 0.478 e. The molecule has 0 aliphatic carbocycles. The van der Waals surface area contributed by atoms with Crippen molar-refractivity contribution in [2.75, 3.05) is 17.6 Å². The van der Waals surface area contributed by atoms with Gasteiger partial charge in [0.2, 0.25) is 0 Å². The molecule has 0 aliphatic heterocycles. The van der Waals surface area contributed by atoms with Crippen molar-refractivity contribution in [2.45, 2.75) is 6.54 Å². The van der Waals surface area contributed by atoms with Crippen LogP contribution >= 0.6 is 0 Å². The van der Waals surface area contributed by atoms with Crippen LogP contribution in [0.2, 0.25) is 0 Å². The molecule has 19 heavy (non-hydrogen) atoms. The highest BCUT2D eigenvalue weighted by atomic mass is 19.1. The highest BCUT2D eigenvalue weighted by Crippen LogP contribution is 2.24. The summed E-state index contributed by atoms with van der Waals surface area (Å²) in [7, 11) is 0. The molecule has 0 spiro atoms. The number of anilines is 2. The van der Waals surface area contributed by atoms with Gasteiger partial charge in [-0.1, -0.05) is 0 Å². The quantitative estimate of drug-likeness (QED) is 0.710. The predicted octanol–water partition coefficient (Wildman–Crippen LogP) is 1.41. The molecule has 1 heterocycles. The maximum Gasteiger partial charge on any atom is 0.340 e. The molecule has 0 saturated heterocycles. The number of nitrogens with one attached hydrogen (secondary N) is 1. The second-order valence-electron chi connectivity index (χ2n) is 3.88. The minimum absolute atomic E-state index is 0.250. The molecule has 0 fully saturated rings. The molecule has 0 aliphatic rings. The number of carboxylic acids is 1. The maximum atomic E-state index is 13.2. The molecule has 0 bridgehead atoms. The molecule has 0 saturated carbocycles. The van der Waals surface area contributed by atoms with E-state index in [0.717, 1.165) is 6.07 Å². The van der Waals surface area contributed by atoms with E-state index in [1.165, 1.54) is 6.07 Å². The van der Waals surface area contributed by atoms with Crippen molar-refractivity contribution >= 4 is 17.3 Å². The van der Waals surface area contributed by atoms with Gasteiger partial charge in [-0.3, -0.25) is 4.68 Å². The molecule has 100 valence electrons. The van der Waals surface area contributed by atoms with Gasteiger partial charge in [-0.2, -0.15) is 5.10 Å². The maximum absolute atomic E-state index is 13.2. The summed E-state index contributed by atoms with van der Waals surface area (Å²) in [6.45, 7) is 1.01. The Morgan fingerprint density at radius 1 is 1.53 bits per heavy atom. The van der Waals surface area contributed by atoms with Crippen molar-refractivity contribution in [3.05, 3.63) is 42.0 Å². The number of nitrogens with two attached hydrogens (primary N) is 1. The molecule has 0 unspecified atom stereocenters. The van der Waals surface area contributed by atoms with E-state index < -0.39 is 11.8 Å². The zero-order chi connectivity index (χ0) is 13.8. The average Bonchev–Trinajstić information content (AvgIpc) is 2.86. The molecule has 6 nitrogen and oxygen atoms in total. The third-order valence-electron chi connectivity index (χ3n) is 2.62. The molecular formula is C12H13FN4O2. The number of halogens is 1. The number of rotatable bonds is 5. The zero-order valence-corrected chi connectivity index (χ0v) is 10.0. The van der Waals surface area contributed by atoms with Crippen LogP contribution in [0.25, 0.3) is 0 Å². The Bertz CT molecular complexity index is 584. The van der Waals surface area contributed by atoms with E-state index in [0.29, 0.717) is 18.8 Å². The highest BCUT2D eigenvalue weighted by molar-refractivity contribution is 6.00. The molecule has 0 radical (unpaired) electrons. The number of nitrogens with zero attached hydrogens (tertiary/aromatic N) is 2. The number of hydrogen-bond acceptors (Lipinski definition) is 4. The van der Waals surface area contributed by atoms with Crippen molar-refractivity contribution in [2.24, 2.45) is 0 Å². The number of aromatic carboxylic acids is 1. The van der Waals surface area contributed by atoms with E-state index in [1.807, 2.05) is 0 Å². The van der Waals surface area contributed by atoms with Crippen LogP contribution in [-0.4, -0.2) is 27.4 Å². The summed E-state index contributed by atoms with van der Waals surface area (Å²) in [6.07, 6.45) is 3.44. The Hall–Kier alpha value is -2.57. The van der Waals surface area contributed by atoms with Crippen LogP contribution in [0.3, 0.4) is 0 Å². The number of hydrogen-bond donors (Lipinski definition) is 3. The van der Waals surface area contributed by atoms with Gasteiger partial charge in [0, 0.05) is 18.9 Å². The van der Waals surface area contributed by atoms with Crippen LogP contribution in [-0.2, 0) is 6.54 Å². The van der Waals surface area contributed by atoms with Gasteiger partial charge in [-0.25, -0.2) is 9.18 Å². The number of benzene rings is 1. The first-order chi connectivity index (χ1) is 9.09. The van der Waals surface area contributed by atoms with E-state index in [4.69, 9.17) is 10.8 Å². The van der Waals surface area contributed by atoms with Crippen LogP contribution in [0.5, 0.6) is 0 Å². The Balaban J connectivity index is 2.11. The molecule has 0 atom stereocenters. The second-order valence-corrected chi connectivity index (χ2v) is 3.88. The fraction of sp³-hybridized carbons (Fsp3) is 0.167. The minimum atomic E-state index is -1.27. The summed E-state index contributed by atoms with van der Waals surface area (Å²) in [5.41, 5.74) is 5.11. The summed E-state index contributed by atoms with van der Waals surface area (Å²) in [5, 5.41) is 16.0. The van der Waals surface area contributed by atoms with Gasteiger partial charge in [-0.05, 0) is 18.2 Å². The predicted molar refractivity (Wildman–Crippen MR) is 68.5 cm³/mol. The summed E-state index contributed by atoms with van der Waals surface area (Å²) in [6, 6.07) is 4.29. The lowest BCUT2D eigenvalue weighted by molar-refractivity contribution is 0.0698. The molecule has 2 aromatic rings. The molecule has 1 aromatic heterocycles. The monoisotopic (exact) mass is 264 g/mol.